The van der Waals surface area contributed by atoms with E-state index in [0.717, 1.165) is 50.8 Å². The third-order valence-electron chi connectivity index (χ3n) is 8.28. The summed E-state index contributed by atoms with van der Waals surface area (Å²) in [6, 6.07) is 10.5. The Morgan fingerprint density at radius 3 is 1.70 bits per heavy atom. The van der Waals surface area contributed by atoms with Gasteiger partial charge in [-0.05, 0) is 75.6 Å². The summed E-state index contributed by atoms with van der Waals surface area (Å²) in [4.78, 5) is 35.0. The summed E-state index contributed by atoms with van der Waals surface area (Å²) in [7, 11) is -7.75. The fourth-order valence-corrected chi connectivity index (χ4v) is 7.72. The smallest absolute Gasteiger partial charge is 0.335 e. The third-order valence-corrected chi connectivity index (χ3v) is 11.0. The number of ketones is 1. The molecule has 5 rings (SSSR count). The molecule has 12 nitrogen and oxygen atoms in total. The van der Waals surface area contributed by atoms with Gasteiger partial charge in [0.25, 0.3) is 20.0 Å². The van der Waals surface area contributed by atoms with Crippen LogP contribution in [0.15, 0.2) is 58.3 Å². The van der Waals surface area contributed by atoms with Gasteiger partial charge in [0.15, 0.2) is 5.78 Å². The second kappa shape index (κ2) is 14.5. The van der Waals surface area contributed by atoms with E-state index >= 15 is 0 Å². The molecule has 4 amide bonds. The van der Waals surface area contributed by atoms with Crippen molar-refractivity contribution in [1.82, 2.24) is 25.2 Å². The number of Topliss-reactive ketones (excluding diaryl/α,β-unsaturated/α-hetero) is 1. The molecule has 2 aromatic rings. The molecular weight excluding hydrogens is 606 g/mol. The lowest BCUT2D eigenvalue weighted by Crippen LogP contribution is -2.48. The van der Waals surface area contributed by atoms with E-state index < -0.39 is 32.1 Å². The Balaban J connectivity index is 0.000000201. The maximum absolute atomic E-state index is 12.1. The van der Waals surface area contributed by atoms with Crippen LogP contribution < -0.4 is 20.2 Å². The van der Waals surface area contributed by atoms with Crippen molar-refractivity contribution in [2.24, 2.45) is 11.8 Å². The van der Waals surface area contributed by atoms with Gasteiger partial charge in [0.05, 0.1) is 9.79 Å². The summed E-state index contributed by atoms with van der Waals surface area (Å²) in [5.41, 5.74) is 4.04. The first kappa shape index (κ1) is 33.4. The summed E-state index contributed by atoms with van der Waals surface area (Å²) >= 11 is 0. The van der Waals surface area contributed by atoms with E-state index in [-0.39, 0.29) is 21.6 Å². The second-order valence-corrected chi connectivity index (χ2v) is 15.1. The molecule has 0 radical (unpaired) electrons. The third kappa shape index (κ3) is 9.26. The Morgan fingerprint density at radius 1 is 0.682 bits per heavy atom. The van der Waals surface area contributed by atoms with Gasteiger partial charge >= 0.3 is 12.1 Å². The lowest BCUT2D eigenvalue weighted by Gasteiger charge is -2.22. The molecule has 2 aliphatic carbocycles. The summed E-state index contributed by atoms with van der Waals surface area (Å²) in [5.74, 6) is 1.12. The van der Waals surface area contributed by atoms with Crippen molar-refractivity contribution in [3.8, 4) is 0 Å². The van der Waals surface area contributed by atoms with Crippen LogP contribution in [0.1, 0.15) is 74.2 Å². The van der Waals surface area contributed by atoms with Gasteiger partial charge in [0, 0.05) is 24.7 Å². The van der Waals surface area contributed by atoms with Gasteiger partial charge < -0.3 is 5.32 Å². The standard InChI is InChI=1S/C15H21N3O3S.C15H20N2O4S/c1-11-5-7-14(8-6-11)22(20,21)17-15(19)16-18-9-12-3-2-4-13(12)10-18;1-11(18)12-7-9-14(10-8-12)22(20,21)17-15(19)16-13-5-3-2-4-6-13/h5-8,12-13H,2-4,9-10H2,1H3,(H2,16,17,19);7-10,13H,2-6H2,1H3,(H2,16,17,19). The summed E-state index contributed by atoms with van der Waals surface area (Å²) < 4.78 is 52.6. The normalized spacial score (nSPS) is 20.5. The zero-order valence-electron chi connectivity index (χ0n) is 25.0. The van der Waals surface area contributed by atoms with Gasteiger partial charge in [-0.1, -0.05) is 55.5 Å². The summed E-state index contributed by atoms with van der Waals surface area (Å²) in [6.45, 7) is 4.89. The minimum Gasteiger partial charge on any atom is -0.335 e. The molecule has 0 bridgehead atoms. The quantitative estimate of drug-likeness (QED) is 0.329. The van der Waals surface area contributed by atoms with Crippen molar-refractivity contribution in [2.45, 2.75) is 81.0 Å². The van der Waals surface area contributed by atoms with Crippen molar-refractivity contribution in [3.63, 3.8) is 0 Å². The van der Waals surface area contributed by atoms with E-state index in [1.165, 1.54) is 62.6 Å². The number of nitrogens with zero attached hydrogens (tertiary/aromatic N) is 1. The average Bonchev–Trinajstić information content (AvgIpc) is 3.55. The van der Waals surface area contributed by atoms with Crippen molar-refractivity contribution < 1.29 is 31.2 Å². The zero-order valence-corrected chi connectivity index (χ0v) is 26.7. The number of rotatable bonds is 7. The molecule has 0 spiro atoms. The monoisotopic (exact) mass is 647 g/mol. The van der Waals surface area contributed by atoms with Crippen LogP contribution in [0.25, 0.3) is 0 Å². The second-order valence-electron chi connectivity index (χ2n) is 11.7. The van der Waals surface area contributed by atoms with Gasteiger partial charge in [-0.2, -0.15) is 0 Å². The number of hydrogen-bond acceptors (Lipinski definition) is 8. The van der Waals surface area contributed by atoms with E-state index in [0.29, 0.717) is 17.4 Å². The lowest BCUT2D eigenvalue weighted by atomic mass is 9.96. The van der Waals surface area contributed by atoms with Crippen LogP contribution in [0.3, 0.4) is 0 Å². The maximum Gasteiger partial charge on any atom is 0.343 e. The first-order valence-corrected chi connectivity index (χ1v) is 17.9. The fraction of sp³-hybridized carbons (Fsp3) is 0.500. The van der Waals surface area contributed by atoms with Crippen molar-refractivity contribution in [2.75, 3.05) is 13.1 Å². The van der Waals surface area contributed by atoms with E-state index in [1.54, 1.807) is 12.1 Å². The van der Waals surface area contributed by atoms with Gasteiger partial charge in [-0.3, -0.25) is 10.2 Å². The lowest BCUT2D eigenvalue weighted by molar-refractivity contribution is 0.101. The number of nitrogens with one attached hydrogen (secondary N) is 4. The Morgan fingerprint density at radius 2 is 1.18 bits per heavy atom. The Hall–Kier alpha value is -3.49. The molecule has 2 atom stereocenters. The van der Waals surface area contributed by atoms with Crippen molar-refractivity contribution in [1.29, 1.82) is 0 Å². The van der Waals surface area contributed by atoms with Gasteiger partial charge in [-0.15, -0.1) is 0 Å². The molecule has 240 valence electrons. The molecule has 1 heterocycles. The molecule has 0 aromatic heterocycles. The van der Waals surface area contributed by atoms with E-state index in [4.69, 9.17) is 0 Å². The van der Waals surface area contributed by atoms with Gasteiger partial charge in [-0.25, -0.2) is 40.9 Å². The number of hydrazine groups is 1. The molecule has 3 fully saturated rings. The topological polar surface area (TPSA) is 171 Å². The van der Waals surface area contributed by atoms with Crippen molar-refractivity contribution >= 4 is 37.9 Å². The number of carbonyl (C=O) groups excluding carboxylic acids is 3. The molecule has 14 heteroatoms. The van der Waals surface area contributed by atoms with Crippen LogP contribution in [0.5, 0.6) is 0 Å². The van der Waals surface area contributed by atoms with Crippen LogP contribution >= 0.6 is 0 Å². The largest absolute Gasteiger partial charge is 0.343 e. The van der Waals surface area contributed by atoms with Crippen molar-refractivity contribution in [3.05, 3.63) is 59.7 Å². The van der Waals surface area contributed by atoms with E-state index in [1.807, 2.05) is 16.7 Å². The minimum absolute atomic E-state index is 0.0315. The highest BCUT2D eigenvalue weighted by Crippen LogP contribution is 2.36. The Bertz CT molecular complexity index is 1530. The predicted octanol–water partition coefficient (Wildman–Crippen LogP) is 3.84. The number of sulfonamides is 2. The number of urea groups is 2. The number of hydrogen-bond donors (Lipinski definition) is 4. The highest BCUT2D eigenvalue weighted by Gasteiger charge is 2.37. The average molecular weight is 648 g/mol. The molecule has 1 saturated heterocycles. The molecule has 2 saturated carbocycles. The van der Waals surface area contributed by atoms with Crippen LogP contribution in [0, 0.1) is 18.8 Å². The number of aryl methyl sites for hydroxylation is 1. The molecule has 4 N–H and O–H groups in total. The minimum atomic E-state index is -3.93. The predicted molar refractivity (Wildman–Crippen MR) is 165 cm³/mol. The highest BCUT2D eigenvalue weighted by molar-refractivity contribution is 7.90. The van der Waals surface area contributed by atoms with Crippen LogP contribution in [0.4, 0.5) is 9.59 Å². The maximum atomic E-state index is 12.1. The van der Waals surface area contributed by atoms with Crippen LogP contribution in [-0.4, -0.2) is 58.8 Å². The molecule has 2 unspecified atom stereocenters. The van der Waals surface area contributed by atoms with E-state index in [9.17, 15) is 31.2 Å². The summed E-state index contributed by atoms with van der Waals surface area (Å²) in [5, 5.41) is 4.52. The molecule has 3 aliphatic rings. The van der Waals surface area contributed by atoms with Gasteiger partial charge in [0.2, 0.25) is 0 Å². The molecular formula is C30H41N5O7S2. The zero-order chi connectivity index (χ0) is 31.9. The number of carbonyl (C=O) groups is 3. The number of benzene rings is 2. The van der Waals surface area contributed by atoms with Crippen LogP contribution in [-0.2, 0) is 20.0 Å². The van der Waals surface area contributed by atoms with Crippen LogP contribution in [0.2, 0.25) is 0 Å². The summed E-state index contributed by atoms with van der Waals surface area (Å²) in [6.07, 6.45) is 8.66. The molecule has 2 aromatic carbocycles. The first-order valence-electron chi connectivity index (χ1n) is 14.9. The fourth-order valence-electron chi connectivity index (χ4n) is 5.90. The number of fused-ring (bicyclic) bond motifs is 1. The Kier molecular flexibility index (Phi) is 11.0. The Labute approximate surface area is 259 Å². The highest BCUT2D eigenvalue weighted by atomic mass is 32.2. The molecule has 1 aliphatic heterocycles. The first-order chi connectivity index (χ1) is 20.8. The number of amides is 4. The van der Waals surface area contributed by atoms with E-state index in [2.05, 4.69) is 15.5 Å². The SMILES string of the molecule is CC(=O)c1ccc(S(=O)(=O)NC(=O)NC2CCCCC2)cc1.Cc1ccc(S(=O)(=O)NC(=O)NN2CC3CCCC3C2)cc1. The van der Waals surface area contributed by atoms with Gasteiger partial charge in [0.1, 0.15) is 0 Å². The molecule has 44 heavy (non-hydrogen) atoms.